The van der Waals surface area contributed by atoms with Crippen molar-refractivity contribution in [2.45, 2.75) is 39.3 Å². The lowest BCUT2D eigenvalue weighted by atomic mass is 9.57. The van der Waals surface area contributed by atoms with Crippen molar-refractivity contribution >= 4 is 21.6 Å². The van der Waals surface area contributed by atoms with E-state index < -0.39 is 0 Å². The molecule has 0 aromatic heterocycles. The van der Waals surface area contributed by atoms with Gasteiger partial charge in [0, 0.05) is 34.1 Å². The predicted molar refractivity (Wildman–Crippen MR) is 77.9 cm³/mol. The second-order valence-corrected chi connectivity index (χ2v) is 7.02. The van der Waals surface area contributed by atoms with Gasteiger partial charge in [-0.1, -0.05) is 19.9 Å². The number of anilines is 1. The first-order valence-corrected chi connectivity index (χ1v) is 7.44. The zero-order valence-electron chi connectivity index (χ0n) is 11.2. The van der Waals surface area contributed by atoms with Crippen LogP contribution in [0.3, 0.4) is 0 Å². The average Bonchev–Trinajstić information content (AvgIpc) is 2.74. The van der Waals surface area contributed by atoms with Crippen molar-refractivity contribution in [2.24, 2.45) is 11.3 Å². The van der Waals surface area contributed by atoms with E-state index in [9.17, 15) is 0 Å². The molecule has 3 heteroatoms. The molecule has 0 spiro atoms. The van der Waals surface area contributed by atoms with Gasteiger partial charge >= 0.3 is 0 Å². The van der Waals surface area contributed by atoms with Gasteiger partial charge in [-0.05, 0) is 47.0 Å². The second kappa shape index (κ2) is 4.24. The molecule has 1 aliphatic heterocycles. The molecule has 18 heavy (non-hydrogen) atoms. The number of hydrogen-bond donors (Lipinski definition) is 1. The molecular weight excluding hydrogens is 290 g/mol. The highest BCUT2D eigenvalue weighted by molar-refractivity contribution is 9.10. The second-order valence-electron chi connectivity index (χ2n) is 6.17. The van der Waals surface area contributed by atoms with Gasteiger partial charge in [0.1, 0.15) is 0 Å². The van der Waals surface area contributed by atoms with Crippen LogP contribution in [0.4, 0.5) is 5.69 Å². The predicted octanol–water partition coefficient (Wildman–Crippen LogP) is 3.98. The van der Waals surface area contributed by atoms with Gasteiger partial charge in [0.25, 0.3) is 0 Å². The van der Waals surface area contributed by atoms with Gasteiger partial charge < -0.3 is 10.1 Å². The molecule has 1 aromatic carbocycles. The third-order valence-corrected chi connectivity index (χ3v) is 5.19. The van der Waals surface area contributed by atoms with Crippen molar-refractivity contribution in [3.63, 3.8) is 0 Å². The minimum Gasteiger partial charge on any atom is -0.380 e. The van der Waals surface area contributed by atoms with Crippen LogP contribution in [0.15, 0.2) is 22.7 Å². The number of benzene rings is 1. The number of nitrogens with one attached hydrogen (secondary N) is 1. The fourth-order valence-electron chi connectivity index (χ4n) is 3.52. The van der Waals surface area contributed by atoms with Crippen LogP contribution < -0.4 is 5.32 Å². The van der Waals surface area contributed by atoms with E-state index >= 15 is 0 Å². The third kappa shape index (κ3) is 1.79. The molecule has 98 valence electrons. The summed E-state index contributed by atoms with van der Waals surface area (Å²) in [6.07, 6.45) is 1.63. The molecule has 1 N–H and O–H groups in total. The molecule has 2 fully saturated rings. The number of fused-ring (bicyclic) bond motifs is 1. The van der Waals surface area contributed by atoms with E-state index in [-0.39, 0.29) is 5.41 Å². The quantitative estimate of drug-likeness (QED) is 0.892. The smallest absolute Gasteiger partial charge is 0.0694 e. The lowest BCUT2D eigenvalue weighted by Crippen LogP contribution is -2.63. The van der Waals surface area contributed by atoms with Crippen molar-refractivity contribution in [3.05, 3.63) is 28.2 Å². The number of hydrogen-bond acceptors (Lipinski definition) is 2. The molecule has 1 saturated heterocycles. The van der Waals surface area contributed by atoms with E-state index in [2.05, 4.69) is 60.2 Å². The molecule has 1 aliphatic carbocycles. The molecule has 0 bridgehead atoms. The van der Waals surface area contributed by atoms with E-state index in [1.54, 1.807) is 0 Å². The fraction of sp³-hybridized carbons (Fsp3) is 0.600. The van der Waals surface area contributed by atoms with Crippen LogP contribution in [-0.2, 0) is 4.74 Å². The van der Waals surface area contributed by atoms with Crippen LogP contribution >= 0.6 is 15.9 Å². The highest BCUT2D eigenvalue weighted by atomic mass is 79.9. The molecule has 2 nitrogen and oxygen atoms in total. The third-order valence-electron chi connectivity index (χ3n) is 4.54. The molecule has 3 atom stereocenters. The van der Waals surface area contributed by atoms with Gasteiger partial charge in [-0.15, -0.1) is 0 Å². The summed E-state index contributed by atoms with van der Waals surface area (Å²) in [5.74, 6) is 0.674. The van der Waals surface area contributed by atoms with Crippen molar-refractivity contribution < 1.29 is 4.74 Å². The van der Waals surface area contributed by atoms with Crippen LogP contribution in [-0.4, -0.2) is 18.8 Å². The summed E-state index contributed by atoms with van der Waals surface area (Å²) in [6.45, 7) is 7.65. The summed E-state index contributed by atoms with van der Waals surface area (Å²) in [5.41, 5.74) is 2.71. The van der Waals surface area contributed by atoms with Crippen molar-refractivity contribution in [2.75, 3.05) is 11.9 Å². The average molecular weight is 310 g/mol. The summed E-state index contributed by atoms with van der Waals surface area (Å²) in [6, 6.07) is 7.00. The Bertz CT molecular complexity index is 472. The van der Waals surface area contributed by atoms with Crippen molar-refractivity contribution in [1.29, 1.82) is 0 Å². The first-order valence-electron chi connectivity index (χ1n) is 6.64. The first-order chi connectivity index (χ1) is 8.50. The minimum absolute atomic E-state index is 0.228. The first kappa shape index (κ1) is 12.5. The fourth-order valence-corrected chi connectivity index (χ4v) is 4.13. The van der Waals surface area contributed by atoms with Crippen LogP contribution in [0.25, 0.3) is 0 Å². The van der Waals surface area contributed by atoms with E-state index in [0.29, 0.717) is 18.1 Å². The van der Waals surface area contributed by atoms with Gasteiger partial charge in [-0.25, -0.2) is 0 Å². The largest absolute Gasteiger partial charge is 0.380 e. The molecular formula is C15H20BrNO. The number of rotatable bonds is 2. The monoisotopic (exact) mass is 309 g/mol. The van der Waals surface area contributed by atoms with Crippen LogP contribution in [0.2, 0.25) is 0 Å². The van der Waals surface area contributed by atoms with E-state index in [1.807, 2.05) is 0 Å². The van der Waals surface area contributed by atoms with Gasteiger partial charge in [0.2, 0.25) is 0 Å². The van der Waals surface area contributed by atoms with Gasteiger partial charge in [0.05, 0.1) is 6.10 Å². The minimum atomic E-state index is 0.228. The number of ether oxygens (including phenoxy) is 1. The Morgan fingerprint density at radius 3 is 2.89 bits per heavy atom. The molecule has 2 aliphatic rings. The van der Waals surface area contributed by atoms with E-state index in [4.69, 9.17) is 4.74 Å². The summed E-state index contributed by atoms with van der Waals surface area (Å²) in [4.78, 5) is 0. The summed E-state index contributed by atoms with van der Waals surface area (Å²) in [7, 11) is 0. The Morgan fingerprint density at radius 1 is 1.39 bits per heavy atom. The Hall–Kier alpha value is -0.540. The maximum atomic E-state index is 5.83. The van der Waals surface area contributed by atoms with Crippen molar-refractivity contribution in [3.8, 4) is 0 Å². The normalized spacial score (nSPS) is 32.8. The van der Waals surface area contributed by atoms with E-state index in [1.165, 1.54) is 17.7 Å². The Balaban J connectivity index is 1.80. The van der Waals surface area contributed by atoms with Gasteiger partial charge in [0.15, 0.2) is 0 Å². The summed E-state index contributed by atoms with van der Waals surface area (Å²) >= 11 is 3.65. The van der Waals surface area contributed by atoms with Crippen molar-refractivity contribution in [1.82, 2.24) is 0 Å². The molecule has 1 saturated carbocycles. The summed E-state index contributed by atoms with van der Waals surface area (Å²) < 4.78 is 6.99. The maximum absolute atomic E-state index is 5.83. The Morgan fingerprint density at radius 2 is 2.17 bits per heavy atom. The number of halogens is 1. The topological polar surface area (TPSA) is 21.3 Å². The van der Waals surface area contributed by atoms with Crippen LogP contribution in [0.5, 0.6) is 0 Å². The zero-order chi connectivity index (χ0) is 12.9. The molecule has 0 amide bonds. The Labute approximate surface area is 117 Å². The van der Waals surface area contributed by atoms with Crippen LogP contribution in [0, 0.1) is 18.3 Å². The SMILES string of the molecule is Cc1ccc(NC2C3CCOC3C2(C)C)c(Br)c1. The standard InChI is InChI=1S/C15H20BrNO/c1-9-4-5-12(11(16)8-9)17-13-10-6-7-18-14(10)15(13,2)3/h4-5,8,10,13-14,17H,6-7H2,1-3H3. The Kier molecular flexibility index (Phi) is 2.94. The summed E-state index contributed by atoms with van der Waals surface area (Å²) in [5, 5.41) is 3.71. The molecule has 3 unspecified atom stereocenters. The van der Waals surface area contributed by atoms with Gasteiger partial charge in [-0.2, -0.15) is 0 Å². The lowest BCUT2D eigenvalue weighted by molar-refractivity contribution is -0.0923. The molecule has 1 heterocycles. The van der Waals surface area contributed by atoms with Crippen LogP contribution in [0.1, 0.15) is 25.8 Å². The van der Waals surface area contributed by atoms with E-state index in [0.717, 1.165) is 11.1 Å². The highest BCUT2D eigenvalue weighted by Crippen LogP contribution is 2.53. The highest BCUT2D eigenvalue weighted by Gasteiger charge is 2.59. The lowest BCUT2D eigenvalue weighted by Gasteiger charge is -2.55. The zero-order valence-corrected chi connectivity index (χ0v) is 12.8. The molecule has 0 radical (unpaired) electrons. The number of aryl methyl sites for hydroxylation is 1. The molecule has 1 aromatic rings. The maximum Gasteiger partial charge on any atom is 0.0694 e. The van der Waals surface area contributed by atoms with Gasteiger partial charge in [-0.3, -0.25) is 0 Å². The molecule has 3 rings (SSSR count).